The minimum absolute atomic E-state index is 0.0767. The van der Waals surface area contributed by atoms with E-state index in [1.54, 1.807) is 6.92 Å². The fraction of sp³-hybridized carbons (Fsp3) is 0.294. The molecule has 126 valence electrons. The molecule has 1 aromatic carbocycles. The summed E-state index contributed by atoms with van der Waals surface area (Å²) in [7, 11) is 0. The lowest BCUT2D eigenvalue weighted by molar-refractivity contribution is -0.119. The van der Waals surface area contributed by atoms with Crippen molar-refractivity contribution in [1.82, 2.24) is 15.3 Å². The van der Waals surface area contributed by atoms with Crippen LogP contribution >= 0.6 is 11.8 Å². The van der Waals surface area contributed by atoms with Crippen LogP contribution in [-0.2, 0) is 4.79 Å². The number of rotatable bonds is 6. The van der Waals surface area contributed by atoms with Crippen LogP contribution in [-0.4, -0.2) is 27.4 Å². The molecule has 1 amide bonds. The second-order valence-corrected chi connectivity index (χ2v) is 6.36. The lowest BCUT2D eigenvalue weighted by atomic mass is 10.1. The van der Waals surface area contributed by atoms with Crippen molar-refractivity contribution >= 4 is 23.5 Å². The number of nitrogens with zero attached hydrogens (tertiary/aromatic N) is 1. The number of amides is 1. The third-order valence-electron chi connectivity index (χ3n) is 3.46. The molecular formula is C17H19N3O3S. The molecule has 0 unspecified atom stereocenters. The van der Waals surface area contributed by atoms with Crippen molar-refractivity contribution in [1.29, 1.82) is 0 Å². The molecule has 1 heterocycles. The van der Waals surface area contributed by atoms with Gasteiger partial charge in [-0.05, 0) is 26.3 Å². The van der Waals surface area contributed by atoms with Gasteiger partial charge in [0.15, 0.2) is 5.78 Å². The summed E-state index contributed by atoms with van der Waals surface area (Å²) >= 11 is 1.09. The lowest BCUT2D eigenvalue weighted by Crippen LogP contribution is -2.28. The van der Waals surface area contributed by atoms with Gasteiger partial charge in [0.2, 0.25) is 5.91 Å². The SMILES string of the molecule is CC(=O)c1c(SCC(=O)N[C@H](C)c2ccccc2)nc(=O)[nH]c1C. The van der Waals surface area contributed by atoms with Crippen LogP contribution in [0.5, 0.6) is 0 Å². The molecule has 7 heteroatoms. The maximum Gasteiger partial charge on any atom is 0.346 e. The first-order chi connectivity index (χ1) is 11.4. The summed E-state index contributed by atoms with van der Waals surface area (Å²) in [5.74, 6) is -0.310. The van der Waals surface area contributed by atoms with Gasteiger partial charge in [0.05, 0.1) is 17.4 Å². The lowest BCUT2D eigenvalue weighted by Gasteiger charge is -2.14. The number of thioether (sulfide) groups is 1. The summed E-state index contributed by atoms with van der Waals surface area (Å²) in [5.41, 5.74) is 1.29. The number of aromatic nitrogens is 2. The molecule has 2 rings (SSSR count). The molecule has 1 atom stereocenters. The minimum Gasteiger partial charge on any atom is -0.349 e. The van der Waals surface area contributed by atoms with Crippen LogP contribution in [0.4, 0.5) is 0 Å². The topological polar surface area (TPSA) is 91.9 Å². The second kappa shape index (κ2) is 7.92. The van der Waals surface area contributed by atoms with E-state index in [1.807, 2.05) is 37.3 Å². The van der Waals surface area contributed by atoms with Gasteiger partial charge in [0.1, 0.15) is 5.03 Å². The van der Waals surface area contributed by atoms with Crippen molar-refractivity contribution in [3.8, 4) is 0 Å². The van der Waals surface area contributed by atoms with Crippen LogP contribution in [0, 0.1) is 6.92 Å². The zero-order valence-corrected chi connectivity index (χ0v) is 14.6. The van der Waals surface area contributed by atoms with Gasteiger partial charge in [0.25, 0.3) is 0 Å². The Balaban J connectivity index is 2.04. The molecule has 1 aromatic heterocycles. The Hall–Kier alpha value is -2.41. The predicted molar refractivity (Wildman–Crippen MR) is 93.3 cm³/mol. The second-order valence-electron chi connectivity index (χ2n) is 5.39. The van der Waals surface area contributed by atoms with E-state index in [0.717, 1.165) is 17.3 Å². The Bertz CT molecular complexity index is 802. The molecule has 0 aliphatic heterocycles. The van der Waals surface area contributed by atoms with Crippen molar-refractivity contribution in [3.05, 3.63) is 57.6 Å². The van der Waals surface area contributed by atoms with Gasteiger partial charge in [-0.25, -0.2) is 4.79 Å². The monoisotopic (exact) mass is 345 g/mol. The fourth-order valence-electron chi connectivity index (χ4n) is 2.32. The van der Waals surface area contributed by atoms with Gasteiger partial charge in [-0.2, -0.15) is 4.98 Å². The van der Waals surface area contributed by atoms with Gasteiger partial charge in [-0.15, -0.1) is 0 Å². The van der Waals surface area contributed by atoms with Crippen LogP contribution in [0.3, 0.4) is 0 Å². The number of aryl methyl sites for hydroxylation is 1. The van der Waals surface area contributed by atoms with Gasteiger partial charge in [-0.3, -0.25) is 9.59 Å². The van der Waals surface area contributed by atoms with E-state index < -0.39 is 5.69 Å². The molecule has 0 saturated heterocycles. The van der Waals surface area contributed by atoms with E-state index in [0.29, 0.717) is 11.3 Å². The number of H-pyrrole nitrogens is 1. The fourth-order valence-corrected chi connectivity index (χ4v) is 3.26. The highest BCUT2D eigenvalue weighted by Crippen LogP contribution is 2.21. The zero-order valence-electron chi connectivity index (χ0n) is 13.8. The van der Waals surface area contributed by atoms with E-state index in [-0.39, 0.29) is 28.5 Å². The largest absolute Gasteiger partial charge is 0.349 e. The maximum atomic E-state index is 12.1. The Kier molecular flexibility index (Phi) is 5.92. The summed E-state index contributed by atoms with van der Waals surface area (Å²) in [6.07, 6.45) is 0. The van der Waals surface area contributed by atoms with Crippen molar-refractivity contribution in [2.75, 3.05) is 5.75 Å². The zero-order chi connectivity index (χ0) is 17.7. The van der Waals surface area contributed by atoms with Crippen molar-refractivity contribution in [2.24, 2.45) is 0 Å². The van der Waals surface area contributed by atoms with E-state index >= 15 is 0 Å². The maximum absolute atomic E-state index is 12.1. The third-order valence-corrected chi connectivity index (χ3v) is 4.43. The van der Waals surface area contributed by atoms with Gasteiger partial charge < -0.3 is 10.3 Å². The predicted octanol–water partition coefficient (Wildman–Crippen LogP) is 2.25. The van der Waals surface area contributed by atoms with Crippen LogP contribution in [0.2, 0.25) is 0 Å². The number of ketones is 1. The molecule has 24 heavy (non-hydrogen) atoms. The minimum atomic E-state index is -0.530. The third kappa shape index (κ3) is 4.55. The molecule has 6 nitrogen and oxygen atoms in total. The van der Waals surface area contributed by atoms with Crippen molar-refractivity contribution < 1.29 is 9.59 Å². The number of hydrogen-bond donors (Lipinski definition) is 2. The molecular weight excluding hydrogens is 326 g/mol. The first-order valence-corrected chi connectivity index (χ1v) is 8.46. The number of hydrogen-bond acceptors (Lipinski definition) is 5. The number of carbonyl (C=O) groups excluding carboxylic acids is 2. The highest BCUT2D eigenvalue weighted by Gasteiger charge is 2.16. The summed E-state index contributed by atoms with van der Waals surface area (Å²) in [6, 6.07) is 9.49. The van der Waals surface area contributed by atoms with Crippen molar-refractivity contribution in [2.45, 2.75) is 31.8 Å². The normalized spacial score (nSPS) is 11.8. The molecule has 0 spiro atoms. The summed E-state index contributed by atoms with van der Waals surface area (Å²) in [5, 5.41) is 3.17. The first kappa shape index (κ1) is 17.9. The van der Waals surface area contributed by atoms with Crippen LogP contribution in [0.25, 0.3) is 0 Å². The summed E-state index contributed by atoms with van der Waals surface area (Å²) in [6.45, 7) is 4.94. The van der Waals surface area contributed by atoms with E-state index in [9.17, 15) is 14.4 Å². The van der Waals surface area contributed by atoms with Gasteiger partial charge >= 0.3 is 5.69 Å². The Morgan fingerprint density at radius 3 is 2.58 bits per heavy atom. The van der Waals surface area contributed by atoms with Crippen molar-refractivity contribution in [3.63, 3.8) is 0 Å². The molecule has 0 aliphatic rings. The highest BCUT2D eigenvalue weighted by atomic mass is 32.2. The summed E-state index contributed by atoms with van der Waals surface area (Å²) in [4.78, 5) is 41.7. The molecule has 0 saturated carbocycles. The highest BCUT2D eigenvalue weighted by molar-refractivity contribution is 8.00. The standard InChI is InChI=1S/C17H19N3O3S/c1-10(13-7-5-4-6-8-13)18-14(22)9-24-16-15(12(3)21)11(2)19-17(23)20-16/h4-8,10H,9H2,1-3H3,(H,18,22)(H,19,20,23)/t10-/m1/s1. The van der Waals surface area contributed by atoms with E-state index in [1.165, 1.54) is 6.92 Å². The number of nitrogens with one attached hydrogen (secondary N) is 2. The Morgan fingerprint density at radius 2 is 1.96 bits per heavy atom. The van der Waals surface area contributed by atoms with E-state index in [4.69, 9.17) is 0 Å². The van der Waals surface area contributed by atoms with Gasteiger partial charge in [0, 0.05) is 5.69 Å². The van der Waals surface area contributed by atoms with Crippen LogP contribution < -0.4 is 11.0 Å². The molecule has 0 radical (unpaired) electrons. The molecule has 2 aromatic rings. The Labute approximate surface area is 144 Å². The number of benzene rings is 1. The molecule has 0 fully saturated rings. The van der Waals surface area contributed by atoms with Crippen LogP contribution in [0.15, 0.2) is 40.2 Å². The van der Waals surface area contributed by atoms with Crippen LogP contribution in [0.1, 0.15) is 41.5 Å². The van der Waals surface area contributed by atoms with Gasteiger partial charge in [-0.1, -0.05) is 42.1 Å². The number of carbonyl (C=O) groups is 2. The number of aromatic amines is 1. The number of Topliss-reactive ketones (excluding diaryl/α,β-unsaturated/α-hetero) is 1. The Morgan fingerprint density at radius 1 is 1.29 bits per heavy atom. The first-order valence-electron chi connectivity index (χ1n) is 7.47. The molecule has 2 N–H and O–H groups in total. The molecule has 0 bridgehead atoms. The van der Waals surface area contributed by atoms with E-state index in [2.05, 4.69) is 15.3 Å². The summed E-state index contributed by atoms with van der Waals surface area (Å²) < 4.78 is 0. The quantitative estimate of drug-likeness (QED) is 0.476. The molecule has 0 aliphatic carbocycles. The average molecular weight is 345 g/mol. The smallest absolute Gasteiger partial charge is 0.346 e. The average Bonchev–Trinajstić information content (AvgIpc) is 2.52.